The number of rotatable bonds is 8. The number of nitrogens with zero attached hydrogens (tertiary/aromatic N) is 3. The number of aryl methyl sites for hydroxylation is 1. The van der Waals surface area contributed by atoms with E-state index in [1.54, 1.807) is 0 Å². The minimum atomic E-state index is 0.0144. The van der Waals surface area contributed by atoms with Gasteiger partial charge >= 0.3 is 0 Å². The molecule has 0 unspecified atom stereocenters. The van der Waals surface area contributed by atoms with Crippen LogP contribution < -0.4 is 5.32 Å². The number of aromatic nitrogens is 3. The molecular formula is C21H24N4OS. The molecule has 0 saturated heterocycles. The fourth-order valence-corrected chi connectivity index (χ4v) is 3.73. The van der Waals surface area contributed by atoms with Crippen LogP contribution in [-0.2, 0) is 11.8 Å². The fourth-order valence-electron chi connectivity index (χ4n) is 2.95. The van der Waals surface area contributed by atoms with E-state index in [1.807, 2.05) is 30.7 Å². The summed E-state index contributed by atoms with van der Waals surface area (Å²) in [4.78, 5) is 12.2. The van der Waals surface area contributed by atoms with Gasteiger partial charge in [-0.15, -0.1) is 10.2 Å². The summed E-state index contributed by atoms with van der Waals surface area (Å²) in [6, 6.07) is 20.9. The molecule has 27 heavy (non-hydrogen) atoms. The van der Waals surface area contributed by atoms with Gasteiger partial charge in [-0.2, -0.15) is 0 Å². The van der Waals surface area contributed by atoms with Gasteiger partial charge in [-0.25, -0.2) is 0 Å². The third kappa shape index (κ3) is 5.20. The maximum atomic E-state index is 12.2. The van der Waals surface area contributed by atoms with Gasteiger partial charge in [0.25, 0.3) is 0 Å². The molecule has 2 aromatic carbocycles. The van der Waals surface area contributed by atoms with E-state index in [0.29, 0.717) is 12.3 Å². The standard InChI is InChI=1S/C21H24N4OS/c1-16-23-24-21(25(16)2)27-15-20(26)22-14-13-19(17-9-5-3-6-10-17)18-11-7-4-8-12-18/h3-12,19H,13-15H2,1-2H3,(H,22,26). The second-order valence-corrected chi connectivity index (χ2v) is 7.33. The quantitative estimate of drug-likeness (QED) is 0.607. The average Bonchev–Trinajstić information content (AvgIpc) is 3.03. The van der Waals surface area contributed by atoms with Gasteiger partial charge in [-0.1, -0.05) is 72.4 Å². The monoisotopic (exact) mass is 380 g/mol. The van der Waals surface area contributed by atoms with Crippen molar-refractivity contribution < 1.29 is 4.79 Å². The van der Waals surface area contributed by atoms with E-state index in [2.05, 4.69) is 64.0 Å². The summed E-state index contributed by atoms with van der Waals surface area (Å²) in [5.41, 5.74) is 2.53. The molecule has 0 saturated carbocycles. The zero-order valence-electron chi connectivity index (χ0n) is 15.6. The van der Waals surface area contributed by atoms with E-state index in [1.165, 1.54) is 22.9 Å². The van der Waals surface area contributed by atoms with Gasteiger partial charge in [-0.3, -0.25) is 4.79 Å². The molecule has 0 atom stereocenters. The lowest BCUT2D eigenvalue weighted by Crippen LogP contribution is -2.27. The van der Waals surface area contributed by atoms with Crippen molar-refractivity contribution in [2.45, 2.75) is 24.4 Å². The van der Waals surface area contributed by atoms with Crippen LogP contribution in [0.4, 0.5) is 0 Å². The normalized spacial score (nSPS) is 10.9. The van der Waals surface area contributed by atoms with Crippen LogP contribution in [0.3, 0.4) is 0 Å². The highest BCUT2D eigenvalue weighted by Gasteiger charge is 2.14. The maximum absolute atomic E-state index is 12.2. The molecule has 0 radical (unpaired) electrons. The van der Waals surface area contributed by atoms with Crippen molar-refractivity contribution in [2.24, 2.45) is 7.05 Å². The second kappa shape index (κ2) is 9.37. The Kier molecular flexibility index (Phi) is 6.65. The summed E-state index contributed by atoms with van der Waals surface area (Å²) in [5, 5.41) is 11.9. The molecule has 0 aliphatic rings. The summed E-state index contributed by atoms with van der Waals surface area (Å²) in [5.74, 6) is 1.46. The molecule has 1 amide bonds. The van der Waals surface area contributed by atoms with Crippen LogP contribution in [0.2, 0.25) is 0 Å². The van der Waals surface area contributed by atoms with Gasteiger partial charge in [0.15, 0.2) is 5.16 Å². The van der Waals surface area contributed by atoms with E-state index in [-0.39, 0.29) is 11.8 Å². The SMILES string of the molecule is Cc1nnc(SCC(=O)NCCC(c2ccccc2)c2ccccc2)n1C. The number of hydrogen-bond donors (Lipinski definition) is 1. The first kappa shape index (κ1) is 19.2. The lowest BCUT2D eigenvalue weighted by Gasteiger charge is -2.18. The highest BCUT2D eigenvalue weighted by atomic mass is 32.2. The van der Waals surface area contributed by atoms with E-state index in [4.69, 9.17) is 0 Å². The zero-order chi connectivity index (χ0) is 19.1. The molecule has 0 bridgehead atoms. The second-order valence-electron chi connectivity index (χ2n) is 6.39. The molecule has 3 rings (SSSR count). The van der Waals surface area contributed by atoms with Gasteiger partial charge in [0, 0.05) is 19.5 Å². The molecule has 1 heterocycles. The smallest absolute Gasteiger partial charge is 0.230 e. The highest BCUT2D eigenvalue weighted by molar-refractivity contribution is 7.99. The van der Waals surface area contributed by atoms with Gasteiger partial charge in [0.05, 0.1) is 5.75 Å². The number of thioether (sulfide) groups is 1. The van der Waals surface area contributed by atoms with E-state index in [9.17, 15) is 4.79 Å². The van der Waals surface area contributed by atoms with Crippen molar-refractivity contribution in [1.29, 1.82) is 0 Å². The van der Waals surface area contributed by atoms with Crippen molar-refractivity contribution in [2.75, 3.05) is 12.3 Å². The molecule has 1 N–H and O–H groups in total. The highest BCUT2D eigenvalue weighted by Crippen LogP contribution is 2.27. The van der Waals surface area contributed by atoms with Crippen LogP contribution >= 0.6 is 11.8 Å². The number of amides is 1. The summed E-state index contributed by atoms with van der Waals surface area (Å²) in [6.07, 6.45) is 0.855. The predicted octanol–water partition coefficient (Wildman–Crippen LogP) is 3.55. The van der Waals surface area contributed by atoms with Crippen LogP contribution in [0.5, 0.6) is 0 Å². The largest absolute Gasteiger partial charge is 0.355 e. The van der Waals surface area contributed by atoms with Crippen molar-refractivity contribution in [3.05, 3.63) is 77.6 Å². The van der Waals surface area contributed by atoms with Crippen LogP contribution in [0.25, 0.3) is 0 Å². The molecule has 5 nitrogen and oxygen atoms in total. The zero-order valence-corrected chi connectivity index (χ0v) is 16.4. The molecule has 3 aromatic rings. The lowest BCUT2D eigenvalue weighted by atomic mass is 9.88. The first-order valence-corrected chi connectivity index (χ1v) is 9.99. The number of carbonyl (C=O) groups excluding carboxylic acids is 1. The Morgan fingerprint density at radius 1 is 1.04 bits per heavy atom. The number of carbonyl (C=O) groups is 1. The number of benzene rings is 2. The lowest BCUT2D eigenvalue weighted by molar-refractivity contribution is -0.118. The first-order valence-electron chi connectivity index (χ1n) is 9.00. The van der Waals surface area contributed by atoms with Gasteiger partial charge in [-0.05, 0) is 24.5 Å². The minimum Gasteiger partial charge on any atom is -0.355 e. The van der Waals surface area contributed by atoms with E-state index >= 15 is 0 Å². The average molecular weight is 381 g/mol. The molecule has 0 fully saturated rings. The summed E-state index contributed by atoms with van der Waals surface area (Å²) < 4.78 is 1.89. The Bertz CT molecular complexity index is 825. The fraction of sp³-hybridized carbons (Fsp3) is 0.286. The van der Waals surface area contributed by atoms with Gasteiger partial charge < -0.3 is 9.88 Å². The topological polar surface area (TPSA) is 59.8 Å². The van der Waals surface area contributed by atoms with E-state index in [0.717, 1.165) is 17.4 Å². The Balaban J connectivity index is 1.54. The Labute approximate surface area is 164 Å². The molecule has 140 valence electrons. The number of nitrogens with one attached hydrogen (secondary N) is 1. The summed E-state index contributed by atoms with van der Waals surface area (Å²) in [7, 11) is 1.90. The third-order valence-corrected chi connectivity index (χ3v) is 5.56. The van der Waals surface area contributed by atoms with Gasteiger partial charge in [0.1, 0.15) is 5.82 Å². The Hall–Kier alpha value is -2.60. The summed E-state index contributed by atoms with van der Waals surface area (Å²) in [6.45, 7) is 2.52. The molecular weight excluding hydrogens is 356 g/mol. The number of hydrogen-bond acceptors (Lipinski definition) is 4. The Morgan fingerprint density at radius 2 is 1.63 bits per heavy atom. The molecule has 6 heteroatoms. The van der Waals surface area contributed by atoms with Crippen LogP contribution in [0.1, 0.15) is 29.3 Å². The molecule has 0 aliphatic carbocycles. The summed E-state index contributed by atoms with van der Waals surface area (Å²) >= 11 is 1.40. The van der Waals surface area contributed by atoms with Crippen LogP contribution in [0.15, 0.2) is 65.8 Å². The molecule has 0 aliphatic heterocycles. The third-order valence-electron chi connectivity index (χ3n) is 4.54. The van der Waals surface area contributed by atoms with Crippen LogP contribution in [0, 0.1) is 6.92 Å². The predicted molar refractivity (Wildman–Crippen MR) is 109 cm³/mol. The van der Waals surface area contributed by atoms with Crippen molar-refractivity contribution >= 4 is 17.7 Å². The minimum absolute atomic E-state index is 0.0144. The van der Waals surface area contributed by atoms with Crippen molar-refractivity contribution in [1.82, 2.24) is 20.1 Å². The van der Waals surface area contributed by atoms with Crippen LogP contribution in [-0.4, -0.2) is 33.0 Å². The maximum Gasteiger partial charge on any atom is 0.230 e. The van der Waals surface area contributed by atoms with E-state index < -0.39 is 0 Å². The molecule has 1 aromatic heterocycles. The Morgan fingerprint density at radius 3 is 2.15 bits per heavy atom. The van der Waals surface area contributed by atoms with Crippen molar-refractivity contribution in [3.8, 4) is 0 Å². The first-order chi connectivity index (χ1) is 13.1. The van der Waals surface area contributed by atoms with Gasteiger partial charge in [0.2, 0.25) is 5.91 Å². The molecule has 0 spiro atoms. The van der Waals surface area contributed by atoms with Crippen molar-refractivity contribution in [3.63, 3.8) is 0 Å².